The van der Waals surface area contributed by atoms with Gasteiger partial charge in [0.2, 0.25) is 5.82 Å². The molecule has 0 atom stereocenters. The Labute approximate surface area is 85.0 Å². The number of ether oxygens (including phenoxy) is 1. The number of hydrogen-bond acceptors (Lipinski definition) is 4. The Morgan fingerprint density at radius 2 is 2.29 bits per heavy atom. The van der Waals surface area contributed by atoms with Gasteiger partial charge in [0.25, 0.3) is 0 Å². The van der Waals surface area contributed by atoms with Crippen molar-refractivity contribution in [3.05, 3.63) is 23.2 Å². The predicted molar refractivity (Wildman–Crippen MR) is 51.2 cm³/mol. The molecule has 14 heavy (non-hydrogen) atoms. The average molecular weight is 211 g/mol. The molecule has 0 saturated heterocycles. The fraction of sp³-hybridized carbons (Fsp3) is 0.125. The van der Waals surface area contributed by atoms with Gasteiger partial charge in [0.05, 0.1) is 12.1 Å². The molecule has 72 valence electrons. The second-order valence-corrected chi connectivity index (χ2v) is 2.99. The number of tetrazole rings is 1. The number of aromatic nitrogens is 4. The summed E-state index contributed by atoms with van der Waals surface area (Å²) in [5.41, 5.74) is 0.723. The first kappa shape index (κ1) is 8.96. The first-order valence-corrected chi connectivity index (χ1v) is 4.26. The van der Waals surface area contributed by atoms with Crippen LogP contribution in [0.2, 0.25) is 5.02 Å². The molecule has 2 aromatic rings. The minimum Gasteiger partial charge on any atom is -0.497 e. The van der Waals surface area contributed by atoms with Crippen molar-refractivity contribution in [2.75, 3.05) is 7.11 Å². The summed E-state index contributed by atoms with van der Waals surface area (Å²) in [7, 11) is 1.58. The van der Waals surface area contributed by atoms with Crippen molar-refractivity contribution in [3.63, 3.8) is 0 Å². The van der Waals surface area contributed by atoms with Crippen molar-refractivity contribution in [3.8, 4) is 17.1 Å². The third-order valence-electron chi connectivity index (χ3n) is 1.76. The molecule has 0 spiro atoms. The van der Waals surface area contributed by atoms with Crippen molar-refractivity contribution in [2.24, 2.45) is 0 Å². The Morgan fingerprint density at radius 3 is 2.86 bits per heavy atom. The zero-order valence-corrected chi connectivity index (χ0v) is 8.12. The Balaban J connectivity index is 2.46. The zero-order chi connectivity index (χ0) is 9.97. The van der Waals surface area contributed by atoms with Gasteiger partial charge in [-0.1, -0.05) is 11.6 Å². The van der Waals surface area contributed by atoms with Crippen LogP contribution in [0.25, 0.3) is 11.4 Å². The maximum absolute atomic E-state index is 6.00. The lowest BCUT2D eigenvalue weighted by Gasteiger charge is -2.02. The van der Waals surface area contributed by atoms with Crippen LogP contribution in [0.1, 0.15) is 0 Å². The molecule has 0 aliphatic rings. The van der Waals surface area contributed by atoms with Crippen molar-refractivity contribution in [1.82, 2.24) is 20.6 Å². The molecule has 0 aliphatic carbocycles. The zero-order valence-electron chi connectivity index (χ0n) is 7.36. The standard InChI is InChI=1S/C8H7ClN4O/c1-14-5-2-3-6(7(9)4-5)8-10-12-13-11-8/h2-4H,1H3,(H,10,11,12,13). The molecular formula is C8H7ClN4O. The highest BCUT2D eigenvalue weighted by molar-refractivity contribution is 6.33. The first-order valence-electron chi connectivity index (χ1n) is 3.88. The van der Waals surface area contributed by atoms with E-state index in [1.54, 1.807) is 25.3 Å². The van der Waals surface area contributed by atoms with E-state index in [-0.39, 0.29) is 0 Å². The summed E-state index contributed by atoms with van der Waals surface area (Å²) in [6, 6.07) is 5.27. The number of nitrogens with one attached hydrogen (secondary N) is 1. The van der Waals surface area contributed by atoms with Gasteiger partial charge in [0.1, 0.15) is 5.75 Å². The molecule has 1 heterocycles. The molecule has 5 nitrogen and oxygen atoms in total. The predicted octanol–water partition coefficient (Wildman–Crippen LogP) is 1.53. The lowest BCUT2D eigenvalue weighted by molar-refractivity contribution is 0.415. The van der Waals surface area contributed by atoms with Crippen molar-refractivity contribution in [2.45, 2.75) is 0 Å². The summed E-state index contributed by atoms with van der Waals surface area (Å²) in [5, 5.41) is 14.0. The third-order valence-corrected chi connectivity index (χ3v) is 2.08. The molecule has 6 heteroatoms. The van der Waals surface area contributed by atoms with E-state index in [0.29, 0.717) is 16.6 Å². The van der Waals surface area contributed by atoms with Gasteiger partial charge in [-0.2, -0.15) is 5.21 Å². The van der Waals surface area contributed by atoms with Gasteiger partial charge in [-0.15, -0.1) is 10.2 Å². The summed E-state index contributed by atoms with van der Waals surface area (Å²) in [5.74, 6) is 1.17. The van der Waals surface area contributed by atoms with E-state index in [1.807, 2.05) is 0 Å². The fourth-order valence-corrected chi connectivity index (χ4v) is 1.34. The van der Waals surface area contributed by atoms with Crippen LogP contribution in [0.5, 0.6) is 5.75 Å². The minimum absolute atomic E-state index is 0.470. The molecule has 2 rings (SSSR count). The number of nitrogens with zero attached hydrogens (tertiary/aromatic N) is 3. The molecule has 1 aromatic carbocycles. The van der Waals surface area contributed by atoms with E-state index in [1.165, 1.54) is 0 Å². The smallest absolute Gasteiger partial charge is 0.206 e. The number of hydrogen-bond donors (Lipinski definition) is 1. The lowest BCUT2D eigenvalue weighted by atomic mass is 10.2. The van der Waals surface area contributed by atoms with Gasteiger partial charge in [0.15, 0.2) is 0 Å². The number of halogens is 1. The van der Waals surface area contributed by atoms with E-state index in [4.69, 9.17) is 16.3 Å². The molecular weight excluding hydrogens is 204 g/mol. The number of benzene rings is 1. The fourth-order valence-electron chi connectivity index (χ4n) is 1.08. The lowest BCUT2D eigenvalue weighted by Crippen LogP contribution is -1.86. The molecule has 1 N–H and O–H groups in total. The van der Waals surface area contributed by atoms with E-state index < -0.39 is 0 Å². The highest BCUT2D eigenvalue weighted by Gasteiger charge is 2.08. The van der Waals surface area contributed by atoms with Crippen molar-refractivity contribution < 1.29 is 4.74 Å². The maximum atomic E-state index is 6.00. The Hall–Kier alpha value is -1.62. The Morgan fingerprint density at radius 1 is 1.43 bits per heavy atom. The van der Waals surface area contributed by atoms with E-state index >= 15 is 0 Å². The largest absolute Gasteiger partial charge is 0.497 e. The molecule has 0 radical (unpaired) electrons. The van der Waals surface area contributed by atoms with Crippen LogP contribution in [0.3, 0.4) is 0 Å². The average Bonchev–Trinajstić information content (AvgIpc) is 2.70. The molecule has 0 saturated carbocycles. The summed E-state index contributed by atoms with van der Waals surface area (Å²) in [6.45, 7) is 0. The van der Waals surface area contributed by atoms with Gasteiger partial charge in [-0.3, -0.25) is 0 Å². The van der Waals surface area contributed by atoms with E-state index in [2.05, 4.69) is 20.6 Å². The maximum Gasteiger partial charge on any atom is 0.206 e. The first-order chi connectivity index (χ1) is 6.81. The van der Waals surface area contributed by atoms with Crippen molar-refractivity contribution >= 4 is 11.6 Å². The van der Waals surface area contributed by atoms with Crippen LogP contribution in [-0.2, 0) is 0 Å². The number of methoxy groups -OCH3 is 1. The number of aromatic amines is 1. The highest BCUT2D eigenvalue weighted by atomic mass is 35.5. The van der Waals surface area contributed by atoms with Crippen LogP contribution in [-0.4, -0.2) is 27.7 Å². The van der Waals surface area contributed by atoms with Crippen LogP contribution < -0.4 is 4.74 Å². The quantitative estimate of drug-likeness (QED) is 0.817. The van der Waals surface area contributed by atoms with Crippen LogP contribution in [0, 0.1) is 0 Å². The second-order valence-electron chi connectivity index (χ2n) is 2.58. The Kier molecular flexibility index (Phi) is 2.32. The number of H-pyrrole nitrogens is 1. The van der Waals surface area contributed by atoms with Gasteiger partial charge in [0, 0.05) is 5.56 Å². The summed E-state index contributed by atoms with van der Waals surface area (Å²) >= 11 is 6.00. The van der Waals surface area contributed by atoms with Gasteiger partial charge < -0.3 is 4.74 Å². The van der Waals surface area contributed by atoms with Crippen molar-refractivity contribution in [1.29, 1.82) is 0 Å². The molecule has 0 amide bonds. The van der Waals surface area contributed by atoms with E-state index in [0.717, 1.165) is 5.56 Å². The summed E-state index contributed by atoms with van der Waals surface area (Å²) < 4.78 is 5.02. The molecule has 0 fully saturated rings. The third kappa shape index (κ3) is 1.54. The normalized spacial score (nSPS) is 10.1. The molecule has 0 unspecified atom stereocenters. The summed E-state index contributed by atoms with van der Waals surface area (Å²) in [6.07, 6.45) is 0. The second kappa shape index (κ2) is 3.63. The van der Waals surface area contributed by atoms with Crippen LogP contribution >= 0.6 is 11.6 Å². The topological polar surface area (TPSA) is 63.7 Å². The molecule has 1 aromatic heterocycles. The van der Waals surface area contributed by atoms with Gasteiger partial charge in [-0.25, -0.2) is 0 Å². The SMILES string of the molecule is COc1ccc(-c2nn[nH]n2)c(Cl)c1. The monoisotopic (exact) mass is 210 g/mol. The van der Waals surface area contributed by atoms with Gasteiger partial charge in [-0.05, 0) is 23.4 Å². The minimum atomic E-state index is 0.470. The summed E-state index contributed by atoms with van der Waals surface area (Å²) in [4.78, 5) is 0. The van der Waals surface area contributed by atoms with Crippen LogP contribution in [0.4, 0.5) is 0 Å². The molecule has 0 bridgehead atoms. The Bertz CT molecular complexity index is 429. The van der Waals surface area contributed by atoms with E-state index in [9.17, 15) is 0 Å². The van der Waals surface area contributed by atoms with Gasteiger partial charge >= 0.3 is 0 Å². The number of rotatable bonds is 2. The molecule has 0 aliphatic heterocycles. The van der Waals surface area contributed by atoms with Crippen LogP contribution in [0.15, 0.2) is 18.2 Å². The highest BCUT2D eigenvalue weighted by Crippen LogP contribution is 2.28.